The van der Waals surface area contributed by atoms with Gasteiger partial charge in [0.25, 0.3) is 0 Å². The van der Waals surface area contributed by atoms with Crippen LogP contribution in [0.15, 0.2) is 34.4 Å². The summed E-state index contributed by atoms with van der Waals surface area (Å²) in [6.07, 6.45) is 9.33. The molecular formula is C21H30O. The van der Waals surface area contributed by atoms with Crippen LogP contribution < -0.4 is 0 Å². The van der Waals surface area contributed by atoms with Crippen molar-refractivity contribution >= 4 is 5.78 Å². The second kappa shape index (κ2) is 4.94. The summed E-state index contributed by atoms with van der Waals surface area (Å²) in [6.45, 7) is 13.6. The first-order valence-electron chi connectivity index (χ1n) is 8.84. The smallest absolute Gasteiger partial charge is 0.185 e. The Hall–Kier alpha value is -1.11. The van der Waals surface area contributed by atoms with Gasteiger partial charge in [0, 0.05) is 11.0 Å². The van der Waals surface area contributed by atoms with Crippen LogP contribution in [0.2, 0.25) is 0 Å². The maximum Gasteiger partial charge on any atom is 0.185 e. The van der Waals surface area contributed by atoms with Crippen LogP contribution in [0.4, 0.5) is 0 Å². The number of ketones is 1. The third kappa shape index (κ3) is 2.08. The van der Waals surface area contributed by atoms with Crippen molar-refractivity contribution in [2.75, 3.05) is 0 Å². The van der Waals surface area contributed by atoms with E-state index in [-0.39, 0.29) is 10.8 Å². The van der Waals surface area contributed by atoms with E-state index in [4.69, 9.17) is 0 Å². The van der Waals surface area contributed by atoms with Gasteiger partial charge in [0.15, 0.2) is 5.78 Å². The molecule has 2 atom stereocenters. The van der Waals surface area contributed by atoms with E-state index in [1.807, 2.05) is 6.92 Å². The van der Waals surface area contributed by atoms with Crippen molar-refractivity contribution in [3.05, 3.63) is 34.4 Å². The SMILES string of the molecule is CC1=C(C(C)C)CC2=C(C1=O)[C@@]1(C)CCCC(C)(C)[C@@H]1C=C2. The molecule has 0 aromatic carbocycles. The molecule has 0 aliphatic heterocycles. The summed E-state index contributed by atoms with van der Waals surface area (Å²) in [5, 5.41) is 0. The Kier molecular flexibility index (Phi) is 3.54. The van der Waals surface area contributed by atoms with Crippen molar-refractivity contribution in [2.45, 2.75) is 67.2 Å². The fraction of sp³-hybridized carbons (Fsp3) is 0.667. The summed E-state index contributed by atoms with van der Waals surface area (Å²) >= 11 is 0. The Morgan fingerprint density at radius 1 is 1.18 bits per heavy atom. The van der Waals surface area contributed by atoms with Crippen molar-refractivity contribution in [3.8, 4) is 0 Å². The standard InChI is InChI=1S/C21H30O/c1-13(2)16-12-15-8-9-17-20(4,5)10-7-11-21(17,6)18(15)19(22)14(16)3/h8-9,13,17H,7,10-12H2,1-6H3/t17-,21-/m0/s1. The Bertz CT molecular complexity index is 612. The Balaban J connectivity index is 2.09. The molecule has 22 heavy (non-hydrogen) atoms. The summed E-state index contributed by atoms with van der Waals surface area (Å²) in [6, 6.07) is 0. The summed E-state index contributed by atoms with van der Waals surface area (Å²) in [4.78, 5) is 13.2. The van der Waals surface area contributed by atoms with E-state index in [1.165, 1.54) is 24.0 Å². The van der Waals surface area contributed by atoms with Crippen LogP contribution in [0.1, 0.15) is 67.2 Å². The molecule has 1 nitrogen and oxygen atoms in total. The molecule has 0 bridgehead atoms. The van der Waals surface area contributed by atoms with Crippen LogP contribution in [0.25, 0.3) is 0 Å². The molecule has 0 radical (unpaired) electrons. The molecule has 1 saturated carbocycles. The topological polar surface area (TPSA) is 17.1 Å². The van der Waals surface area contributed by atoms with Crippen LogP contribution in [0.5, 0.6) is 0 Å². The molecule has 0 aromatic heterocycles. The predicted octanol–water partition coefficient (Wildman–Crippen LogP) is 5.63. The van der Waals surface area contributed by atoms with Gasteiger partial charge in [0.05, 0.1) is 0 Å². The number of hydrogen-bond acceptors (Lipinski definition) is 1. The maximum atomic E-state index is 13.2. The quantitative estimate of drug-likeness (QED) is 0.613. The largest absolute Gasteiger partial charge is 0.289 e. The molecule has 120 valence electrons. The summed E-state index contributed by atoms with van der Waals surface area (Å²) in [5.41, 5.74) is 5.13. The van der Waals surface area contributed by atoms with Crippen molar-refractivity contribution < 1.29 is 4.79 Å². The van der Waals surface area contributed by atoms with Crippen LogP contribution in [0, 0.1) is 22.7 Å². The first kappa shape index (κ1) is 15.8. The fourth-order valence-electron chi connectivity index (χ4n) is 5.36. The van der Waals surface area contributed by atoms with Gasteiger partial charge in [0.1, 0.15) is 0 Å². The first-order chi connectivity index (χ1) is 10.2. The van der Waals surface area contributed by atoms with Crippen LogP contribution in [-0.4, -0.2) is 5.78 Å². The number of fused-ring (bicyclic) bond motifs is 2. The van der Waals surface area contributed by atoms with Crippen LogP contribution in [-0.2, 0) is 4.79 Å². The molecular weight excluding hydrogens is 268 g/mol. The van der Waals surface area contributed by atoms with Crippen molar-refractivity contribution in [1.29, 1.82) is 0 Å². The number of hydrogen-bond donors (Lipinski definition) is 0. The zero-order valence-corrected chi connectivity index (χ0v) is 15.0. The minimum absolute atomic E-state index is 0.0344. The van der Waals surface area contributed by atoms with Gasteiger partial charge in [-0.25, -0.2) is 0 Å². The Morgan fingerprint density at radius 2 is 1.86 bits per heavy atom. The fourth-order valence-corrected chi connectivity index (χ4v) is 5.36. The highest BCUT2D eigenvalue weighted by molar-refractivity contribution is 6.11. The minimum atomic E-state index is 0.0344. The van der Waals surface area contributed by atoms with Crippen LogP contribution in [0.3, 0.4) is 0 Å². The molecule has 0 heterocycles. The predicted molar refractivity (Wildman–Crippen MR) is 92.6 cm³/mol. The van der Waals surface area contributed by atoms with Crippen molar-refractivity contribution in [1.82, 2.24) is 0 Å². The van der Waals surface area contributed by atoms with E-state index in [1.54, 1.807) is 0 Å². The van der Waals surface area contributed by atoms with Gasteiger partial charge in [-0.1, -0.05) is 58.8 Å². The lowest BCUT2D eigenvalue weighted by Crippen LogP contribution is -2.46. The number of rotatable bonds is 1. The summed E-state index contributed by atoms with van der Waals surface area (Å²) in [5.74, 6) is 1.28. The normalized spacial score (nSPS) is 34.1. The molecule has 0 unspecified atom stereocenters. The molecule has 3 aliphatic rings. The summed E-state index contributed by atoms with van der Waals surface area (Å²) in [7, 11) is 0. The Labute approximate surface area is 135 Å². The lowest BCUT2D eigenvalue weighted by atomic mass is 9.50. The molecule has 0 saturated heterocycles. The van der Waals surface area contributed by atoms with Gasteiger partial charge in [-0.05, 0) is 54.6 Å². The molecule has 1 heteroatoms. The number of carbonyl (C=O) groups is 1. The van der Waals surface area contributed by atoms with Gasteiger partial charge >= 0.3 is 0 Å². The van der Waals surface area contributed by atoms with E-state index in [0.29, 0.717) is 17.6 Å². The molecule has 1 fully saturated rings. The van der Waals surface area contributed by atoms with Gasteiger partial charge in [-0.2, -0.15) is 0 Å². The molecule has 3 aliphatic carbocycles. The zero-order valence-electron chi connectivity index (χ0n) is 15.0. The molecule has 0 spiro atoms. The highest BCUT2D eigenvalue weighted by Crippen LogP contribution is 2.59. The minimum Gasteiger partial charge on any atom is -0.289 e. The molecule has 0 aromatic rings. The second-order valence-corrected chi connectivity index (χ2v) is 8.81. The third-order valence-corrected chi connectivity index (χ3v) is 6.55. The van der Waals surface area contributed by atoms with E-state index in [9.17, 15) is 4.79 Å². The van der Waals surface area contributed by atoms with E-state index in [2.05, 4.69) is 46.8 Å². The third-order valence-electron chi connectivity index (χ3n) is 6.55. The number of carbonyl (C=O) groups excluding carboxylic acids is 1. The van der Waals surface area contributed by atoms with E-state index in [0.717, 1.165) is 24.0 Å². The average molecular weight is 298 g/mol. The van der Waals surface area contributed by atoms with E-state index < -0.39 is 0 Å². The number of Topliss-reactive ketones (excluding diaryl/α,β-unsaturated/α-hetero) is 1. The zero-order chi connectivity index (χ0) is 16.3. The van der Waals surface area contributed by atoms with Gasteiger partial charge in [-0.3, -0.25) is 4.79 Å². The van der Waals surface area contributed by atoms with Gasteiger partial charge < -0.3 is 0 Å². The molecule has 0 amide bonds. The highest BCUT2D eigenvalue weighted by Gasteiger charge is 2.51. The summed E-state index contributed by atoms with van der Waals surface area (Å²) < 4.78 is 0. The second-order valence-electron chi connectivity index (χ2n) is 8.81. The van der Waals surface area contributed by atoms with Gasteiger partial charge in [-0.15, -0.1) is 0 Å². The monoisotopic (exact) mass is 298 g/mol. The lowest BCUT2D eigenvalue weighted by molar-refractivity contribution is -0.114. The van der Waals surface area contributed by atoms with Crippen molar-refractivity contribution in [3.63, 3.8) is 0 Å². The van der Waals surface area contributed by atoms with Crippen LogP contribution >= 0.6 is 0 Å². The molecule has 0 N–H and O–H groups in total. The first-order valence-corrected chi connectivity index (χ1v) is 8.84. The highest BCUT2D eigenvalue weighted by atomic mass is 16.1. The maximum absolute atomic E-state index is 13.2. The molecule has 3 rings (SSSR count). The lowest BCUT2D eigenvalue weighted by Gasteiger charge is -2.53. The number of allylic oxidation sites excluding steroid dienone is 6. The van der Waals surface area contributed by atoms with Gasteiger partial charge in [0.2, 0.25) is 0 Å². The van der Waals surface area contributed by atoms with Crippen molar-refractivity contribution in [2.24, 2.45) is 22.7 Å². The van der Waals surface area contributed by atoms with E-state index >= 15 is 0 Å². The average Bonchev–Trinajstić information content (AvgIpc) is 2.40. The Morgan fingerprint density at radius 3 is 2.50 bits per heavy atom.